The maximum Gasteiger partial charge on any atom is 1.00 e. The van der Waals surface area contributed by atoms with Crippen LogP contribution in [0, 0.1) is 0 Å². The minimum Gasteiger partial charge on any atom is -0.744 e. The first-order valence-corrected chi connectivity index (χ1v) is 27.4. The molecule has 0 aromatic heterocycles. The van der Waals surface area contributed by atoms with Crippen molar-refractivity contribution >= 4 is 22.1 Å². The molecule has 0 bridgehead atoms. The van der Waals surface area contributed by atoms with E-state index in [0.717, 1.165) is 57.1 Å². The fourth-order valence-electron chi connectivity index (χ4n) is 8.30. The summed E-state index contributed by atoms with van der Waals surface area (Å²) in [4.78, 5) is 25.4. The third-order valence-corrected chi connectivity index (χ3v) is 13.1. The summed E-state index contributed by atoms with van der Waals surface area (Å²) in [6, 6.07) is 3.16. The van der Waals surface area contributed by atoms with Gasteiger partial charge in [0.2, 0.25) is 0 Å². The number of allylic oxidation sites excluding steroid dienone is 2. The van der Waals surface area contributed by atoms with Crippen molar-refractivity contribution in [2.24, 2.45) is 0 Å². The summed E-state index contributed by atoms with van der Waals surface area (Å²) in [5, 5.41) is 0. The zero-order valence-electron chi connectivity index (χ0n) is 40.8. The van der Waals surface area contributed by atoms with E-state index in [0.29, 0.717) is 12.8 Å². The minimum atomic E-state index is -4.82. The van der Waals surface area contributed by atoms with E-state index in [2.05, 4.69) is 13.2 Å². The molecule has 63 heavy (non-hydrogen) atoms. The molecule has 0 N–H and O–H groups in total. The van der Waals surface area contributed by atoms with Crippen LogP contribution in [0.3, 0.4) is 0 Å². The Morgan fingerprint density at radius 3 is 0.905 bits per heavy atom. The summed E-state index contributed by atoms with van der Waals surface area (Å²) in [7, 11) is -4.82. The Bertz CT molecular complexity index is 1350. The summed E-state index contributed by atoms with van der Waals surface area (Å²) < 4.78 is 46.0. The molecule has 0 atom stereocenters. The van der Waals surface area contributed by atoms with E-state index in [-0.39, 0.29) is 53.9 Å². The molecular weight excluding hydrogens is 816 g/mol. The number of unbranched alkanes of at least 4 members (excludes halogenated alkanes) is 38. The Morgan fingerprint density at radius 1 is 0.413 bits per heavy atom. The molecule has 0 aliphatic rings. The van der Waals surface area contributed by atoms with Crippen molar-refractivity contribution in [1.29, 1.82) is 0 Å². The molecule has 1 aromatic rings. The van der Waals surface area contributed by atoms with Crippen molar-refractivity contribution in [1.82, 2.24) is 0 Å². The van der Waals surface area contributed by atoms with E-state index in [4.69, 9.17) is 9.47 Å². The molecule has 9 heteroatoms. The van der Waals surface area contributed by atoms with Crippen LogP contribution < -0.4 is 29.6 Å². The second-order valence-corrected chi connectivity index (χ2v) is 19.4. The van der Waals surface area contributed by atoms with Crippen LogP contribution in [0.5, 0.6) is 0 Å². The first-order chi connectivity index (χ1) is 30.3. The van der Waals surface area contributed by atoms with Crippen LogP contribution in [0.4, 0.5) is 0 Å². The van der Waals surface area contributed by atoms with Gasteiger partial charge in [0.1, 0.15) is 10.1 Å². The number of rotatable bonds is 47. The molecule has 0 aliphatic carbocycles. The van der Waals surface area contributed by atoms with Crippen LogP contribution in [0.25, 0.3) is 0 Å². The summed E-state index contributed by atoms with van der Waals surface area (Å²) in [6.07, 6.45) is 54.4. The van der Waals surface area contributed by atoms with Gasteiger partial charge in [-0.2, -0.15) is 0 Å². The van der Waals surface area contributed by atoms with Crippen molar-refractivity contribution in [3.63, 3.8) is 0 Å². The summed E-state index contributed by atoms with van der Waals surface area (Å²) in [6.45, 7) is 7.95. The predicted molar refractivity (Wildman–Crippen MR) is 260 cm³/mol. The second kappa shape index (κ2) is 45.7. The maximum absolute atomic E-state index is 13.0. The number of ether oxygens (including phenoxy) is 2. The Hall–Kier alpha value is -1.45. The Morgan fingerprint density at radius 2 is 0.651 bits per heavy atom. The molecule has 1 aromatic carbocycles. The summed E-state index contributed by atoms with van der Waals surface area (Å²) in [5.74, 6) is -1.54. The van der Waals surface area contributed by atoms with Gasteiger partial charge in [-0.3, -0.25) is 0 Å². The van der Waals surface area contributed by atoms with Crippen molar-refractivity contribution in [3.05, 3.63) is 54.6 Å². The first kappa shape index (κ1) is 61.5. The quantitative estimate of drug-likeness (QED) is 0.0211. The smallest absolute Gasteiger partial charge is 0.744 e. The van der Waals surface area contributed by atoms with Crippen molar-refractivity contribution in [2.75, 3.05) is 13.2 Å². The van der Waals surface area contributed by atoms with Crippen molar-refractivity contribution in [2.45, 2.75) is 262 Å². The Kier molecular flexibility index (Phi) is 44.6. The molecule has 0 amide bonds. The topological polar surface area (TPSA) is 110 Å². The molecule has 0 unspecified atom stereocenters. The van der Waals surface area contributed by atoms with Gasteiger partial charge in [-0.05, 0) is 56.7 Å². The van der Waals surface area contributed by atoms with Gasteiger partial charge < -0.3 is 14.0 Å². The maximum atomic E-state index is 13.0. The third-order valence-electron chi connectivity index (χ3n) is 12.3. The molecule has 1 rings (SSSR count). The Labute approximate surface area is 410 Å². The Balaban J connectivity index is 0.0000384. The number of carbonyl (C=O) groups is 2. The number of carbonyl (C=O) groups excluding carboxylic acids is 2. The largest absolute Gasteiger partial charge is 1.00 e. The molecule has 0 spiro atoms. The molecule has 0 radical (unpaired) electrons. The summed E-state index contributed by atoms with van der Waals surface area (Å²) >= 11 is 0. The molecule has 0 saturated carbocycles. The van der Waals surface area contributed by atoms with Gasteiger partial charge in [0, 0.05) is 0 Å². The van der Waals surface area contributed by atoms with Crippen LogP contribution in [-0.2, 0) is 19.6 Å². The van der Waals surface area contributed by atoms with Crippen molar-refractivity contribution in [3.8, 4) is 0 Å². The van der Waals surface area contributed by atoms with Crippen molar-refractivity contribution < 1.29 is 61.6 Å². The van der Waals surface area contributed by atoms with Crippen LogP contribution in [0.2, 0.25) is 0 Å². The van der Waals surface area contributed by atoms with Gasteiger partial charge in [-0.1, -0.05) is 230 Å². The van der Waals surface area contributed by atoms with Gasteiger partial charge in [0.15, 0.2) is 0 Å². The fourth-order valence-corrected chi connectivity index (χ4v) is 8.80. The van der Waals surface area contributed by atoms with Crippen LogP contribution in [0.1, 0.15) is 278 Å². The third kappa shape index (κ3) is 38.4. The van der Waals surface area contributed by atoms with Gasteiger partial charge in [-0.15, -0.1) is 13.2 Å². The standard InChI is InChI=1S/C54H94O7S.Na/c1-3-5-7-9-11-13-15-17-19-21-23-25-27-29-31-33-35-37-39-41-43-47-60-53(55)51-46-45-50(62(57,58)59)49-52(51)54(56)61-48-44-42-40-38-36-34-32-30-28-26-24-22-20-18-16-14-12-10-8-6-4-2;/h3-4,45-46,49H,1-2,5-44,47-48H2,(H,57,58,59);/q;+1/p-1. The average molecular weight is 909 g/mol. The molecule has 0 heterocycles. The number of hydrogen-bond acceptors (Lipinski definition) is 7. The van der Waals surface area contributed by atoms with E-state index >= 15 is 0 Å². The fraction of sp³-hybridized carbons (Fsp3) is 0.778. The van der Waals surface area contributed by atoms with Gasteiger partial charge in [0.25, 0.3) is 0 Å². The zero-order valence-corrected chi connectivity index (χ0v) is 43.6. The van der Waals surface area contributed by atoms with E-state index in [1.54, 1.807) is 0 Å². The van der Waals surface area contributed by atoms with Gasteiger partial charge >= 0.3 is 41.5 Å². The van der Waals surface area contributed by atoms with Crippen LogP contribution in [0.15, 0.2) is 48.4 Å². The zero-order chi connectivity index (χ0) is 45.0. The molecule has 0 fully saturated rings. The molecule has 0 saturated heterocycles. The van der Waals surface area contributed by atoms with E-state index < -0.39 is 27.0 Å². The number of benzene rings is 1. The van der Waals surface area contributed by atoms with Crippen LogP contribution >= 0.6 is 0 Å². The average Bonchev–Trinajstić information content (AvgIpc) is 3.26. The molecular formula is C54H93NaO7S. The van der Waals surface area contributed by atoms with E-state index in [1.165, 1.54) is 205 Å². The van der Waals surface area contributed by atoms with Gasteiger partial charge in [0.05, 0.1) is 29.2 Å². The SMILES string of the molecule is C=CCCCCCCCCCCCCCCCCCCCCCOC(=O)c1ccc(S(=O)(=O)[O-])cc1C(=O)OCCCCCCCCCCCCCCCCCCCCCC=C.[Na+]. The molecule has 358 valence electrons. The summed E-state index contributed by atoms with van der Waals surface area (Å²) in [5.41, 5.74) is -0.329. The monoisotopic (exact) mass is 909 g/mol. The minimum absolute atomic E-state index is 0. The molecule has 7 nitrogen and oxygen atoms in total. The number of hydrogen-bond donors (Lipinski definition) is 0. The van der Waals surface area contributed by atoms with Gasteiger partial charge in [-0.25, -0.2) is 18.0 Å². The second-order valence-electron chi connectivity index (χ2n) is 18.0. The number of esters is 2. The first-order valence-electron chi connectivity index (χ1n) is 26.0. The predicted octanol–water partition coefficient (Wildman–Crippen LogP) is 13.9. The normalized spacial score (nSPS) is 11.3. The molecule has 0 aliphatic heterocycles. The van der Waals surface area contributed by atoms with Crippen LogP contribution in [-0.4, -0.2) is 38.1 Å². The van der Waals surface area contributed by atoms with E-state index in [1.807, 2.05) is 12.2 Å². The van der Waals surface area contributed by atoms with E-state index in [9.17, 15) is 22.6 Å².